The van der Waals surface area contributed by atoms with E-state index in [1.54, 1.807) is 0 Å². The number of hydrogen-bond donors (Lipinski definition) is 6. The molecule has 0 fully saturated rings. The van der Waals surface area contributed by atoms with Gasteiger partial charge in [-0.15, -0.1) is 0 Å². The maximum absolute atomic E-state index is 8.74. The van der Waals surface area contributed by atoms with Crippen LogP contribution in [0.5, 0.6) is 0 Å². The summed E-state index contributed by atoms with van der Waals surface area (Å²) in [5.41, 5.74) is 0. The molecule has 0 aromatic heterocycles. The average Bonchev–Trinajstić information content (AvgIpc) is 1.86. The van der Waals surface area contributed by atoms with Gasteiger partial charge >= 0.3 is 24.8 Å². The van der Waals surface area contributed by atoms with Crippen molar-refractivity contribution < 1.29 is 43.1 Å². The summed E-state index contributed by atoms with van der Waals surface area (Å²) in [5, 5.41) is 0. The van der Waals surface area contributed by atoms with Gasteiger partial charge in [-0.3, -0.25) is 13.7 Å². The molecule has 9 nitrogen and oxygen atoms in total. The lowest BCUT2D eigenvalue weighted by atomic mass is 11.0. The van der Waals surface area contributed by atoms with E-state index in [-0.39, 0.29) is 0 Å². The Morgan fingerprint density at radius 2 is 0.571 bits per heavy atom. The lowest BCUT2D eigenvalue weighted by molar-refractivity contribution is 0.403. The van der Waals surface area contributed by atoms with E-state index in [0.29, 0.717) is 0 Å². The molecule has 0 aromatic carbocycles. The van der Waals surface area contributed by atoms with Crippen molar-refractivity contribution in [1.82, 2.24) is 0 Å². The summed E-state index contributed by atoms with van der Waals surface area (Å²) < 4.78 is 26.2. The largest absolute Gasteiger partial charge is 0.326 e. The van der Waals surface area contributed by atoms with Gasteiger partial charge in [0.05, 0.1) is 0 Å². The van der Waals surface area contributed by atoms with Crippen molar-refractivity contribution in [3.05, 3.63) is 0 Å². The highest BCUT2D eigenvalue weighted by molar-refractivity contribution is 7.31. The molecule has 0 radical (unpaired) electrons. The predicted octanol–water partition coefficient (Wildman–Crippen LogP) is -0.892. The molecule has 92 valence electrons. The van der Waals surface area contributed by atoms with Gasteiger partial charge in [-0.1, -0.05) is 13.8 Å². The molecule has 0 bridgehead atoms. The van der Waals surface area contributed by atoms with Crippen LogP contribution in [0.3, 0.4) is 0 Å². The molecule has 0 spiro atoms. The van der Waals surface area contributed by atoms with Gasteiger partial charge in [0.2, 0.25) is 0 Å². The van der Waals surface area contributed by atoms with E-state index >= 15 is 0 Å². The zero-order valence-corrected chi connectivity index (χ0v) is 10.4. The first-order chi connectivity index (χ1) is 6.20. The monoisotopic (exact) mass is 276 g/mol. The van der Waals surface area contributed by atoms with E-state index in [4.69, 9.17) is 43.1 Å². The fourth-order valence-electron chi connectivity index (χ4n) is 0. The van der Waals surface area contributed by atoms with E-state index in [1.807, 2.05) is 13.8 Å². The van der Waals surface area contributed by atoms with Crippen molar-refractivity contribution in [3.8, 4) is 0 Å². The van der Waals surface area contributed by atoms with Crippen molar-refractivity contribution in [2.24, 2.45) is 0 Å². The molecular formula is C2H15O9P3. The van der Waals surface area contributed by atoms with Gasteiger partial charge in [-0.25, -0.2) is 0 Å². The number of hydrogen-bond acceptors (Lipinski definition) is 3. The highest BCUT2D eigenvalue weighted by atomic mass is 31.1. The van der Waals surface area contributed by atoms with Gasteiger partial charge in [0.25, 0.3) is 0 Å². The lowest BCUT2D eigenvalue weighted by Gasteiger charge is -1.61. The molecule has 0 aliphatic heterocycles. The van der Waals surface area contributed by atoms with E-state index in [2.05, 4.69) is 0 Å². The Hall–Kier alpha value is 0.450. The van der Waals surface area contributed by atoms with Crippen LogP contribution in [-0.2, 0) is 13.7 Å². The molecule has 0 heterocycles. The maximum Gasteiger partial charge on any atom is 0.314 e. The third kappa shape index (κ3) is 8060. The van der Waals surface area contributed by atoms with Crippen LogP contribution in [0, 0.1) is 0 Å². The zero-order chi connectivity index (χ0) is 12.7. The van der Waals surface area contributed by atoms with Crippen LogP contribution in [0.1, 0.15) is 13.8 Å². The maximum atomic E-state index is 8.74. The molecule has 0 atom stereocenters. The van der Waals surface area contributed by atoms with Crippen LogP contribution in [-0.4, -0.2) is 29.4 Å². The van der Waals surface area contributed by atoms with Gasteiger partial charge in [-0.05, 0) is 0 Å². The van der Waals surface area contributed by atoms with Crippen molar-refractivity contribution in [3.63, 3.8) is 0 Å². The standard InChI is InChI=1S/C2H6.3H3O3P/c1-2;3*1-4(2)3/h1-2H3;3*4H,(H2,1,2,3). The number of rotatable bonds is 0. The third-order valence-electron chi connectivity index (χ3n) is 0. The Balaban J connectivity index is -0.0000000492. The van der Waals surface area contributed by atoms with Crippen LogP contribution in [0.2, 0.25) is 0 Å². The molecule has 0 amide bonds. The summed E-state index contributed by atoms with van der Waals surface area (Å²) in [4.78, 5) is 42.9. The molecular weight excluding hydrogens is 261 g/mol. The second-order valence-corrected chi connectivity index (χ2v) is 2.54. The van der Waals surface area contributed by atoms with Crippen molar-refractivity contribution in [1.29, 1.82) is 0 Å². The molecule has 0 aliphatic carbocycles. The van der Waals surface area contributed by atoms with Crippen molar-refractivity contribution >= 4 is 24.8 Å². The first-order valence-electron chi connectivity index (χ1n) is 2.95. The molecule has 0 aliphatic rings. The van der Waals surface area contributed by atoms with Gasteiger partial charge in [-0.2, -0.15) is 0 Å². The van der Waals surface area contributed by atoms with E-state index in [1.165, 1.54) is 0 Å². The second kappa shape index (κ2) is 23.3. The van der Waals surface area contributed by atoms with Crippen LogP contribution in [0.4, 0.5) is 0 Å². The Morgan fingerprint density at radius 3 is 0.571 bits per heavy atom. The molecule has 0 saturated heterocycles. The summed E-state index contributed by atoms with van der Waals surface area (Å²) in [5.74, 6) is 0. The predicted molar refractivity (Wildman–Crippen MR) is 51.7 cm³/mol. The van der Waals surface area contributed by atoms with Gasteiger partial charge in [0.15, 0.2) is 0 Å². The summed E-state index contributed by atoms with van der Waals surface area (Å²) >= 11 is 0. The fourth-order valence-corrected chi connectivity index (χ4v) is 0. The molecule has 12 heteroatoms. The van der Waals surface area contributed by atoms with E-state index < -0.39 is 24.8 Å². The Labute approximate surface area is 82.5 Å². The van der Waals surface area contributed by atoms with Gasteiger partial charge in [0.1, 0.15) is 0 Å². The van der Waals surface area contributed by atoms with Crippen LogP contribution < -0.4 is 0 Å². The highest BCUT2D eigenvalue weighted by Crippen LogP contribution is 1.99. The molecule has 0 saturated carbocycles. The van der Waals surface area contributed by atoms with Crippen molar-refractivity contribution in [2.45, 2.75) is 13.8 Å². The molecule has 0 rings (SSSR count). The van der Waals surface area contributed by atoms with Gasteiger partial charge in [0, 0.05) is 0 Å². The Bertz CT molecular complexity index is 116. The minimum atomic E-state index is -3.13. The smallest absolute Gasteiger partial charge is 0.314 e. The zero-order valence-electron chi connectivity index (χ0n) is 7.41. The first-order valence-corrected chi connectivity index (χ1v) is 6.86. The summed E-state index contributed by atoms with van der Waals surface area (Å²) in [6.45, 7) is 4.00. The average molecular weight is 276 g/mol. The highest BCUT2D eigenvalue weighted by Gasteiger charge is 1.62. The molecule has 14 heavy (non-hydrogen) atoms. The normalized spacial score (nSPS) is 7.93. The minimum Gasteiger partial charge on any atom is -0.326 e. The minimum absolute atomic E-state index is 2.00. The third-order valence-corrected chi connectivity index (χ3v) is 0. The second-order valence-electron chi connectivity index (χ2n) is 0.848. The van der Waals surface area contributed by atoms with E-state index in [0.717, 1.165) is 0 Å². The van der Waals surface area contributed by atoms with Crippen LogP contribution >= 0.6 is 24.8 Å². The molecule has 0 unspecified atom stereocenters. The van der Waals surface area contributed by atoms with Gasteiger partial charge < -0.3 is 29.4 Å². The molecule has 0 aromatic rings. The Morgan fingerprint density at radius 1 is 0.571 bits per heavy atom. The first kappa shape index (κ1) is 23.9. The quantitative estimate of drug-likeness (QED) is 0.306. The molecule has 6 N–H and O–H groups in total. The van der Waals surface area contributed by atoms with Crippen LogP contribution in [0.15, 0.2) is 0 Å². The fraction of sp³-hybridized carbons (Fsp3) is 1.00. The Kier molecular flexibility index (Phi) is 39.9. The topological polar surface area (TPSA) is 173 Å². The lowest BCUT2D eigenvalue weighted by Crippen LogP contribution is -1.38. The van der Waals surface area contributed by atoms with Crippen LogP contribution in [0.25, 0.3) is 0 Å². The van der Waals surface area contributed by atoms with E-state index in [9.17, 15) is 0 Å². The SMILES string of the molecule is CC.O=[PH](O)O.O=[PH](O)O.O=[PH](O)O. The summed E-state index contributed by atoms with van der Waals surface area (Å²) in [6, 6.07) is 0. The summed E-state index contributed by atoms with van der Waals surface area (Å²) in [6.07, 6.45) is 0. The summed E-state index contributed by atoms with van der Waals surface area (Å²) in [7, 11) is -9.39. The van der Waals surface area contributed by atoms with Crippen molar-refractivity contribution in [2.75, 3.05) is 0 Å².